The van der Waals surface area contributed by atoms with E-state index in [-0.39, 0.29) is 12.5 Å². The van der Waals surface area contributed by atoms with E-state index in [0.717, 1.165) is 19.7 Å². The third kappa shape index (κ3) is 7.53. The van der Waals surface area contributed by atoms with E-state index < -0.39 is 5.97 Å². The standard InChI is InChI=1S/C15H29NO3/c1-2-3-4-5-6-7-8-9-16-10-11-19-13-14(16)12-15(17)18/h14H,2-13H2,1H3,(H,17,18). The molecule has 0 bridgehead atoms. The first-order valence-corrected chi connectivity index (χ1v) is 7.77. The second kappa shape index (κ2) is 10.2. The van der Waals surface area contributed by atoms with Crippen LogP contribution in [0.3, 0.4) is 0 Å². The predicted octanol–water partition coefficient (Wildman–Crippen LogP) is 2.91. The molecule has 112 valence electrons. The summed E-state index contributed by atoms with van der Waals surface area (Å²) in [5, 5.41) is 8.89. The van der Waals surface area contributed by atoms with Crippen molar-refractivity contribution in [2.75, 3.05) is 26.3 Å². The highest BCUT2D eigenvalue weighted by molar-refractivity contribution is 5.67. The fourth-order valence-corrected chi connectivity index (χ4v) is 2.65. The Kier molecular flexibility index (Phi) is 8.84. The highest BCUT2D eigenvalue weighted by atomic mass is 16.5. The summed E-state index contributed by atoms with van der Waals surface area (Å²) in [4.78, 5) is 13.1. The maximum Gasteiger partial charge on any atom is 0.305 e. The van der Waals surface area contributed by atoms with Gasteiger partial charge in [0.25, 0.3) is 0 Å². The first kappa shape index (κ1) is 16.4. The predicted molar refractivity (Wildman–Crippen MR) is 76.4 cm³/mol. The van der Waals surface area contributed by atoms with Crippen LogP contribution >= 0.6 is 0 Å². The van der Waals surface area contributed by atoms with Gasteiger partial charge in [-0.25, -0.2) is 0 Å². The van der Waals surface area contributed by atoms with E-state index in [1.165, 1.54) is 44.9 Å². The molecule has 4 nitrogen and oxygen atoms in total. The molecule has 1 N–H and O–H groups in total. The molecule has 0 aromatic heterocycles. The van der Waals surface area contributed by atoms with Crippen molar-refractivity contribution in [3.63, 3.8) is 0 Å². The Balaban J connectivity index is 2.09. The summed E-state index contributed by atoms with van der Waals surface area (Å²) in [6.45, 7) is 5.46. The molecule has 0 aromatic carbocycles. The number of hydrogen-bond donors (Lipinski definition) is 1. The minimum atomic E-state index is -0.722. The first-order chi connectivity index (χ1) is 9.24. The van der Waals surface area contributed by atoms with Crippen LogP contribution in [0.1, 0.15) is 58.3 Å². The molecule has 4 heteroatoms. The van der Waals surface area contributed by atoms with Crippen LogP contribution in [-0.2, 0) is 9.53 Å². The fraction of sp³-hybridized carbons (Fsp3) is 0.933. The smallest absolute Gasteiger partial charge is 0.305 e. The number of ether oxygens (including phenoxy) is 1. The molecule has 1 heterocycles. The molecule has 0 aromatic rings. The lowest BCUT2D eigenvalue weighted by molar-refractivity contribution is -0.140. The zero-order valence-corrected chi connectivity index (χ0v) is 12.3. The molecule has 1 saturated heterocycles. The van der Waals surface area contributed by atoms with Crippen LogP contribution in [0.4, 0.5) is 0 Å². The lowest BCUT2D eigenvalue weighted by atomic mass is 10.1. The Labute approximate surface area is 117 Å². The monoisotopic (exact) mass is 271 g/mol. The summed E-state index contributed by atoms with van der Waals surface area (Å²) in [5.41, 5.74) is 0. The number of nitrogens with zero attached hydrogens (tertiary/aromatic N) is 1. The van der Waals surface area contributed by atoms with Crippen LogP contribution in [0.5, 0.6) is 0 Å². The lowest BCUT2D eigenvalue weighted by Gasteiger charge is -2.34. The number of rotatable bonds is 10. The summed E-state index contributed by atoms with van der Waals surface area (Å²) in [7, 11) is 0. The highest BCUT2D eigenvalue weighted by Gasteiger charge is 2.24. The van der Waals surface area contributed by atoms with Crippen molar-refractivity contribution in [2.45, 2.75) is 64.3 Å². The van der Waals surface area contributed by atoms with Gasteiger partial charge in [0.15, 0.2) is 0 Å². The number of hydrogen-bond acceptors (Lipinski definition) is 3. The molecular weight excluding hydrogens is 242 g/mol. The zero-order chi connectivity index (χ0) is 13.9. The molecular formula is C15H29NO3. The zero-order valence-electron chi connectivity index (χ0n) is 12.3. The van der Waals surface area contributed by atoms with Gasteiger partial charge in [-0.3, -0.25) is 9.69 Å². The summed E-state index contributed by atoms with van der Waals surface area (Å²) in [5.74, 6) is -0.722. The van der Waals surface area contributed by atoms with E-state index in [2.05, 4.69) is 11.8 Å². The Morgan fingerprint density at radius 3 is 2.58 bits per heavy atom. The minimum absolute atomic E-state index is 0.0753. The van der Waals surface area contributed by atoms with Crippen molar-refractivity contribution in [3.05, 3.63) is 0 Å². The van der Waals surface area contributed by atoms with E-state index in [4.69, 9.17) is 9.84 Å². The largest absolute Gasteiger partial charge is 0.481 e. The highest BCUT2D eigenvalue weighted by Crippen LogP contribution is 2.13. The fourth-order valence-electron chi connectivity index (χ4n) is 2.65. The van der Waals surface area contributed by atoms with E-state index in [0.29, 0.717) is 6.61 Å². The summed E-state index contributed by atoms with van der Waals surface area (Å²) < 4.78 is 5.38. The SMILES string of the molecule is CCCCCCCCCN1CCOCC1CC(=O)O. The van der Waals surface area contributed by atoms with Gasteiger partial charge in [-0.05, 0) is 13.0 Å². The van der Waals surface area contributed by atoms with Gasteiger partial charge in [0.05, 0.1) is 19.6 Å². The molecule has 1 fully saturated rings. The van der Waals surface area contributed by atoms with Crippen molar-refractivity contribution in [3.8, 4) is 0 Å². The van der Waals surface area contributed by atoms with E-state index in [9.17, 15) is 4.79 Å². The first-order valence-electron chi connectivity index (χ1n) is 7.77. The lowest BCUT2D eigenvalue weighted by Crippen LogP contribution is -2.46. The molecule has 1 aliphatic heterocycles. The molecule has 1 rings (SSSR count). The minimum Gasteiger partial charge on any atom is -0.481 e. The number of carbonyl (C=O) groups is 1. The van der Waals surface area contributed by atoms with Gasteiger partial charge in [-0.15, -0.1) is 0 Å². The average Bonchev–Trinajstić information content (AvgIpc) is 2.39. The molecule has 1 atom stereocenters. The van der Waals surface area contributed by atoms with Crippen molar-refractivity contribution < 1.29 is 14.6 Å². The topological polar surface area (TPSA) is 49.8 Å². The number of carboxylic acid groups (broad SMARTS) is 1. The molecule has 0 amide bonds. The Bertz CT molecular complexity index is 246. The van der Waals surface area contributed by atoms with Crippen LogP contribution in [0.25, 0.3) is 0 Å². The van der Waals surface area contributed by atoms with Gasteiger partial charge in [0.2, 0.25) is 0 Å². The van der Waals surface area contributed by atoms with E-state index in [1.807, 2.05) is 0 Å². The van der Waals surface area contributed by atoms with Crippen LogP contribution in [0, 0.1) is 0 Å². The van der Waals surface area contributed by atoms with Crippen molar-refractivity contribution in [1.29, 1.82) is 0 Å². The average molecular weight is 271 g/mol. The molecule has 0 saturated carbocycles. The summed E-state index contributed by atoms with van der Waals surface area (Å²) in [6.07, 6.45) is 9.31. The van der Waals surface area contributed by atoms with Gasteiger partial charge in [0.1, 0.15) is 0 Å². The van der Waals surface area contributed by atoms with Gasteiger partial charge >= 0.3 is 5.97 Å². The van der Waals surface area contributed by atoms with E-state index >= 15 is 0 Å². The van der Waals surface area contributed by atoms with Gasteiger partial charge in [-0.2, -0.15) is 0 Å². The van der Waals surface area contributed by atoms with Gasteiger partial charge in [0, 0.05) is 12.6 Å². The van der Waals surface area contributed by atoms with Gasteiger partial charge in [-0.1, -0.05) is 45.4 Å². The van der Waals surface area contributed by atoms with Crippen LogP contribution in [0.2, 0.25) is 0 Å². The maximum atomic E-state index is 10.8. The summed E-state index contributed by atoms with van der Waals surface area (Å²) in [6, 6.07) is 0.0753. The van der Waals surface area contributed by atoms with E-state index in [1.54, 1.807) is 0 Å². The quantitative estimate of drug-likeness (QED) is 0.621. The third-order valence-electron chi connectivity index (χ3n) is 3.81. The Morgan fingerprint density at radius 1 is 1.21 bits per heavy atom. The second-order valence-corrected chi connectivity index (χ2v) is 5.48. The third-order valence-corrected chi connectivity index (χ3v) is 3.81. The van der Waals surface area contributed by atoms with Crippen molar-refractivity contribution >= 4 is 5.97 Å². The Morgan fingerprint density at radius 2 is 1.89 bits per heavy atom. The number of unbranched alkanes of at least 4 members (excludes halogenated alkanes) is 6. The maximum absolute atomic E-state index is 10.8. The molecule has 0 spiro atoms. The number of morpholine rings is 1. The number of aliphatic carboxylic acids is 1. The Hall–Kier alpha value is -0.610. The van der Waals surface area contributed by atoms with Crippen LogP contribution < -0.4 is 0 Å². The molecule has 19 heavy (non-hydrogen) atoms. The van der Waals surface area contributed by atoms with Crippen molar-refractivity contribution in [1.82, 2.24) is 4.90 Å². The number of carboxylic acids is 1. The molecule has 0 aliphatic carbocycles. The second-order valence-electron chi connectivity index (χ2n) is 5.48. The molecule has 1 aliphatic rings. The molecule has 1 unspecified atom stereocenters. The summed E-state index contributed by atoms with van der Waals surface area (Å²) >= 11 is 0. The molecule has 0 radical (unpaired) electrons. The van der Waals surface area contributed by atoms with Crippen molar-refractivity contribution in [2.24, 2.45) is 0 Å². The normalized spacial score (nSPS) is 20.6. The van der Waals surface area contributed by atoms with Crippen LogP contribution in [-0.4, -0.2) is 48.3 Å². The van der Waals surface area contributed by atoms with Gasteiger partial charge < -0.3 is 9.84 Å². The van der Waals surface area contributed by atoms with Crippen LogP contribution in [0.15, 0.2) is 0 Å².